The molecule has 1 aromatic heterocycles. The molecule has 2 rings (SSSR count). The van der Waals surface area contributed by atoms with Crippen molar-refractivity contribution < 1.29 is 4.74 Å². The standard InChI is InChI=1S/C12H18N2O.ClH/c1-11(2)8-14-12(3,15-9-11)10-4-6-13-7-5-10;/h4-7,14H,8-9H2,1-3H3;1H. The molecule has 0 saturated carbocycles. The minimum Gasteiger partial charge on any atom is -0.356 e. The first-order chi connectivity index (χ1) is 7.02. The second-order valence-corrected chi connectivity index (χ2v) is 5.08. The van der Waals surface area contributed by atoms with Gasteiger partial charge in [-0.05, 0) is 19.1 Å². The van der Waals surface area contributed by atoms with Gasteiger partial charge in [-0.3, -0.25) is 10.3 Å². The van der Waals surface area contributed by atoms with Crippen LogP contribution >= 0.6 is 12.4 Å². The highest BCUT2D eigenvalue weighted by molar-refractivity contribution is 5.85. The summed E-state index contributed by atoms with van der Waals surface area (Å²) in [7, 11) is 0. The quantitative estimate of drug-likeness (QED) is 0.821. The van der Waals surface area contributed by atoms with E-state index in [2.05, 4.69) is 31.1 Å². The van der Waals surface area contributed by atoms with Crippen molar-refractivity contribution in [2.24, 2.45) is 5.41 Å². The monoisotopic (exact) mass is 242 g/mol. The van der Waals surface area contributed by atoms with Gasteiger partial charge in [-0.15, -0.1) is 12.4 Å². The molecule has 90 valence electrons. The van der Waals surface area contributed by atoms with Crippen molar-refractivity contribution in [3.8, 4) is 0 Å². The van der Waals surface area contributed by atoms with Gasteiger partial charge < -0.3 is 4.74 Å². The molecule has 1 saturated heterocycles. The summed E-state index contributed by atoms with van der Waals surface area (Å²) < 4.78 is 5.93. The van der Waals surface area contributed by atoms with Gasteiger partial charge in [0.1, 0.15) is 5.72 Å². The van der Waals surface area contributed by atoms with Crippen LogP contribution in [0.3, 0.4) is 0 Å². The second-order valence-electron chi connectivity index (χ2n) is 5.08. The Balaban J connectivity index is 0.00000128. The number of nitrogens with zero attached hydrogens (tertiary/aromatic N) is 1. The lowest BCUT2D eigenvalue weighted by atomic mass is 9.91. The van der Waals surface area contributed by atoms with Crippen LogP contribution in [0.1, 0.15) is 26.3 Å². The zero-order valence-corrected chi connectivity index (χ0v) is 10.8. The largest absolute Gasteiger partial charge is 0.356 e. The van der Waals surface area contributed by atoms with E-state index in [4.69, 9.17) is 4.74 Å². The van der Waals surface area contributed by atoms with Gasteiger partial charge in [0, 0.05) is 29.9 Å². The van der Waals surface area contributed by atoms with Crippen LogP contribution in [0.15, 0.2) is 24.5 Å². The van der Waals surface area contributed by atoms with E-state index in [9.17, 15) is 0 Å². The third-order valence-electron chi connectivity index (χ3n) is 2.89. The minimum atomic E-state index is -0.363. The van der Waals surface area contributed by atoms with Crippen molar-refractivity contribution in [1.82, 2.24) is 10.3 Å². The third kappa shape index (κ3) is 2.73. The Bertz CT molecular complexity index is 330. The van der Waals surface area contributed by atoms with Crippen molar-refractivity contribution in [2.45, 2.75) is 26.5 Å². The molecule has 0 bridgehead atoms. The molecule has 16 heavy (non-hydrogen) atoms. The van der Waals surface area contributed by atoms with E-state index < -0.39 is 0 Å². The fourth-order valence-electron chi connectivity index (χ4n) is 1.71. The summed E-state index contributed by atoms with van der Waals surface area (Å²) in [6.07, 6.45) is 3.59. The number of pyridine rings is 1. The smallest absolute Gasteiger partial charge is 0.142 e. The summed E-state index contributed by atoms with van der Waals surface area (Å²) in [6, 6.07) is 3.98. The van der Waals surface area contributed by atoms with Crippen LogP contribution in [0.25, 0.3) is 0 Å². The van der Waals surface area contributed by atoms with Crippen molar-refractivity contribution in [2.75, 3.05) is 13.2 Å². The predicted octanol–water partition coefficient (Wildman–Crippen LogP) is 2.32. The molecule has 0 aromatic carbocycles. The lowest BCUT2D eigenvalue weighted by molar-refractivity contribution is -0.131. The average molecular weight is 243 g/mol. The predicted molar refractivity (Wildman–Crippen MR) is 66.6 cm³/mol. The maximum Gasteiger partial charge on any atom is 0.142 e. The molecule has 3 nitrogen and oxygen atoms in total. The minimum absolute atomic E-state index is 0. The van der Waals surface area contributed by atoms with Crippen molar-refractivity contribution in [1.29, 1.82) is 0 Å². The number of ether oxygens (including phenoxy) is 1. The molecule has 1 N–H and O–H groups in total. The highest BCUT2D eigenvalue weighted by Gasteiger charge is 2.36. The molecular formula is C12H19ClN2O. The summed E-state index contributed by atoms with van der Waals surface area (Å²) in [5.41, 5.74) is 0.985. The van der Waals surface area contributed by atoms with Crippen molar-refractivity contribution in [3.05, 3.63) is 30.1 Å². The Morgan fingerprint density at radius 3 is 2.38 bits per heavy atom. The molecule has 1 aliphatic rings. The van der Waals surface area contributed by atoms with Crippen LogP contribution < -0.4 is 5.32 Å². The number of aromatic nitrogens is 1. The first-order valence-electron chi connectivity index (χ1n) is 5.31. The topological polar surface area (TPSA) is 34.2 Å². The van der Waals surface area contributed by atoms with E-state index >= 15 is 0 Å². The number of rotatable bonds is 1. The zero-order chi connectivity index (χ0) is 10.9. The van der Waals surface area contributed by atoms with Gasteiger partial charge in [-0.1, -0.05) is 13.8 Å². The Morgan fingerprint density at radius 2 is 1.88 bits per heavy atom. The second kappa shape index (κ2) is 4.70. The van der Waals surface area contributed by atoms with E-state index in [1.807, 2.05) is 12.1 Å². The summed E-state index contributed by atoms with van der Waals surface area (Å²) in [5, 5.41) is 3.45. The van der Waals surface area contributed by atoms with Crippen molar-refractivity contribution >= 4 is 12.4 Å². The van der Waals surface area contributed by atoms with Gasteiger partial charge in [0.05, 0.1) is 6.61 Å². The summed E-state index contributed by atoms with van der Waals surface area (Å²) in [6.45, 7) is 8.21. The van der Waals surface area contributed by atoms with Gasteiger partial charge in [0.2, 0.25) is 0 Å². The lowest BCUT2D eigenvalue weighted by Crippen LogP contribution is -2.53. The van der Waals surface area contributed by atoms with Gasteiger partial charge in [-0.2, -0.15) is 0 Å². The van der Waals surface area contributed by atoms with Crippen LogP contribution in [-0.2, 0) is 10.5 Å². The average Bonchev–Trinajstić information content (AvgIpc) is 2.24. The van der Waals surface area contributed by atoms with Crippen LogP contribution in [0.2, 0.25) is 0 Å². The molecule has 0 amide bonds. The number of nitrogens with one attached hydrogen (secondary N) is 1. The molecule has 1 fully saturated rings. The van der Waals surface area contributed by atoms with Gasteiger partial charge in [0.25, 0.3) is 0 Å². The molecular weight excluding hydrogens is 224 g/mol. The van der Waals surface area contributed by atoms with Crippen LogP contribution in [0.4, 0.5) is 0 Å². The third-order valence-corrected chi connectivity index (χ3v) is 2.89. The number of hydrogen-bond donors (Lipinski definition) is 1. The maximum atomic E-state index is 5.93. The van der Waals surface area contributed by atoms with Gasteiger partial charge >= 0.3 is 0 Å². The highest BCUT2D eigenvalue weighted by Crippen LogP contribution is 2.30. The number of hydrogen-bond acceptors (Lipinski definition) is 3. The van der Waals surface area contributed by atoms with E-state index in [0.717, 1.165) is 18.7 Å². The Hall–Kier alpha value is -0.640. The van der Waals surface area contributed by atoms with E-state index in [1.54, 1.807) is 12.4 Å². The van der Waals surface area contributed by atoms with E-state index in [-0.39, 0.29) is 23.5 Å². The fourth-order valence-corrected chi connectivity index (χ4v) is 1.71. The normalized spacial score (nSPS) is 28.2. The van der Waals surface area contributed by atoms with E-state index in [1.165, 1.54) is 0 Å². The molecule has 1 aliphatic heterocycles. The SMILES string of the molecule is CC1(C)CNC(C)(c2ccncc2)OC1.Cl. The molecule has 1 atom stereocenters. The van der Waals surface area contributed by atoms with Crippen LogP contribution in [-0.4, -0.2) is 18.1 Å². The molecule has 2 heterocycles. The van der Waals surface area contributed by atoms with Crippen molar-refractivity contribution in [3.63, 3.8) is 0 Å². The molecule has 0 aliphatic carbocycles. The number of halogens is 1. The highest BCUT2D eigenvalue weighted by atomic mass is 35.5. The maximum absolute atomic E-state index is 5.93. The molecule has 4 heteroatoms. The van der Waals surface area contributed by atoms with Gasteiger partial charge in [-0.25, -0.2) is 0 Å². The van der Waals surface area contributed by atoms with Crippen LogP contribution in [0, 0.1) is 5.41 Å². The summed E-state index contributed by atoms with van der Waals surface area (Å²) in [5.74, 6) is 0. The first kappa shape index (κ1) is 13.4. The molecule has 1 aromatic rings. The Morgan fingerprint density at radius 1 is 1.25 bits per heavy atom. The molecule has 0 radical (unpaired) electrons. The molecule has 1 unspecified atom stereocenters. The zero-order valence-electron chi connectivity index (χ0n) is 9.99. The Labute approximate surface area is 103 Å². The fraction of sp³-hybridized carbons (Fsp3) is 0.583. The van der Waals surface area contributed by atoms with Gasteiger partial charge in [0.15, 0.2) is 0 Å². The summed E-state index contributed by atoms with van der Waals surface area (Å²) in [4.78, 5) is 4.02. The molecule has 0 spiro atoms. The summed E-state index contributed by atoms with van der Waals surface area (Å²) >= 11 is 0. The van der Waals surface area contributed by atoms with Crippen LogP contribution in [0.5, 0.6) is 0 Å². The first-order valence-corrected chi connectivity index (χ1v) is 5.31. The lowest BCUT2D eigenvalue weighted by Gasteiger charge is -2.42. The Kier molecular flexibility index (Phi) is 3.94. The van der Waals surface area contributed by atoms with E-state index in [0.29, 0.717) is 0 Å².